The van der Waals surface area contributed by atoms with E-state index in [1.165, 1.54) is 0 Å². The Morgan fingerprint density at radius 2 is 2.11 bits per heavy atom. The van der Waals surface area contributed by atoms with Gasteiger partial charge in [-0.25, -0.2) is 0 Å². The summed E-state index contributed by atoms with van der Waals surface area (Å²) in [5.41, 5.74) is 5.00. The Labute approximate surface area is 54.2 Å². The minimum absolute atomic E-state index is 0.0622. The summed E-state index contributed by atoms with van der Waals surface area (Å²) >= 11 is 0. The van der Waals surface area contributed by atoms with Crippen molar-refractivity contribution in [2.75, 3.05) is 13.2 Å². The fourth-order valence-corrected chi connectivity index (χ4v) is 0.318. The van der Waals surface area contributed by atoms with Crippen molar-refractivity contribution in [2.45, 2.75) is 19.3 Å². The third-order valence-corrected chi connectivity index (χ3v) is 0.731. The van der Waals surface area contributed by atoms with E-state index >= 15 is 0 Å². The minimum atomic E-state index is -0.945. The van der Waals surface area contributed by atoms with Crippen molar-refractivity contribution >= 4 is 0 Å². The average Bonchev–Trinajstić information content (AvgIpc) is 1.83. The van der Waals surface area contributed by atoms with Gasteiger partial charge in [0.05, 0.1) is 12.7 Å². The highest BCUT2D eigenvalue weighted by Crippen LogP contribution is 1.86. The Balaban J connectivity index is 3.06. The van der Waals surface area contributed by atoms with Gasteiger partial charge in [0, 0.05) is 6.54 Å². The molecule has 0 aliphatic carbocycles. The van der Waals surface area contributed by atoms with Gasteiger partial charge < -0.3 is 20.7 Å². The molecule has 0 unspecified atom stereocenters. The fraction of sp³-hybridized carbons (Fsp3) is 1.00. The summed E-state index contributed by atoms with van der Waals surface area (Å²) in [7, 11) is 0. The molecule has 4 heteroatoms. The number of rotatable bonds is 4. The maximum absolute atomic E-state index is 8.65. The zero-order valence-electron chi connectivity index (χ0n) is 5.45. The predicted octanol–water partition coefficient (Wildman–Crippen LogP) is -1.34. The highest BCUT2D eigenvalue weighted by molar-refractivity contribution is 4.44. The summed E-state index contributed by atoms with van der Waals surface area (Å²) in [6, 6.07) is 0. The van der Waals surface area contributed by atoms with Crippen LogP contribution in [0.2, 0.25) is 0 Å². The highest BCUT2D eigenvalue weighted by Gasteiger charge is 2.01. The lowest BCUT2D eigenvalue weighted by molar-refractivity contribution is -0.112. The van der Waals surface area contributed by atoms with Gasteiger partial charge in [-0.15, -0.1) is 0 Å². The van der Waals surface area contributed by atoms with Crippen molar-refractivity contribution < 1.29 is 14.9 Å². The van der Waals surface area contributed by atoms with Gasteiger partial charge in [-0.1, -0.05) is 0 Å². The number of aliphatic hydroxyl groups is 2. The van der Waals surface area contributed by atoms with Crippen LogP contribution in [-0.4, -0.2) is 35.8 Å². The van der Waals surface area contributed by atoms with Gasteiger partial charge in [0.2, 0.25) is 0 Å². The van der Waals surface area contributed by atoms with E-state index in [9.17, 15) is 0 Å². The van der Waals surface area contributed by atoms with Crippen LogP contribution in [0.15, 0.2) is 0 Å². The second kappa shape index (κ2) is 4.69. The molecule has 0 aliphatic rings. The zero-order chi connectivity index (χ0) is 7.28. The molecule has 0 aliphatic heterocycles. The first-order chi connectivity index (χ1) is 4.16. The van der Waals surface area contributed by atoms with Crippen LogP contribution in [0.5, 0.6) is 0 Å². The third kappa shape index (κ3) is 5.72. The van der Waals surface area contributed by atoms with Crippen molar-refractivity contribution in [3.8, 4) is 0 Å². The quantitative estimate of drug-likeness (QED) is 0.417. The van der Waals surface area contributed by atoms with Crippen LogP contribution < -0.4 is 5.73 Å². The van der Waals surface area contributed by atoms with E-state index in [4.69, 9.17) is 15.9 Å². The van der Waals surface area contributed by atoms with Crippen molar-refractivity contribution in [1.29, 1.82) is 0 Å². The van der Waals surface area contributed by atoms with Gasteiger partial charge in [0.25, 0.3) is 0 Å². The molecular formula is C5H13NO3. The van der Waals surface area contributed by atoms with Gasteiger partial charge in [-0.05, 0) is 6.92 Å². The number of ether oxygens (including phenoxy) is 1. The lowest BCUT2D eigenvalue weighted by atomic mass is 10.4. The molecule has 0 radical (unpaired) electrons. The summed E-state index contributed by atoms with van der Waals surface area (Å²) in [6.45, 7) is 1.76. The number of hydrogen-bond donors (Lipinski definition) is 3. The largest absolute Gasteiger partial charge is 0.391 e. The molecule has 0 saturated heterocycles. The molecule has 0 fully saturated rings. The monoisotopic (exact) mass is 135 g/mol. The summed E-state index contributed by atoms with van der Waals surface area (Å²) in [4.78, 5) is 0. The molecule has 0 spiro atoms. The van der Waals surface area contributed by atoms with Crippen LogP contribution in [0.3, 0.4) is 0 Å². The molecule has 0 rings (SSSR count). The van der Waals surface area contributed by atoms with Crippen LogP contribution in [-0.2, 0) is 4.74 Å². The Morgan fingerprint density at radius 3 is 2.44 bits per heavy atom. The van der Waals surface area contributed by atoms with Crippen LogP contribution >= 0.6 is 0 Å². The van der Waals surface area contributed by atoms with E-state index in [2.05, 4.69) is 4.74 Å². The van der Waals surface area contributed by atoms with Crippen molar-refractivity contribution in [3.05, 3.63) is 0 Å². The number of nitrogens with two attached hydrogens (primary N) is 1. The van der Waals surface area contributed by atoms with Gasteiger partial charge in [0.15, 0.2) is 6.29 Å². The third-order valence-electron chi connectivity index (χ3n) is 0.731. The van der Waals surface area contributed by atoms with Crippen molar-refractivity contribution in [2.24, 2.45) is 5.73 Å². The van der Waals surface area contributed by atoms with Crippen molar-refractivity contribution in [3.63, 3.8) is 0 Å². The summed E-state index contributed by atoms with van der Waals surface area (Å²) in [5.74, 6) is 0. The topological polar surface area (TPSA) is 75.7 Å². The summed E-state index contributed by atoms with van der Waals surface area (Å²) in [5, 5.41) is 17.3. The Kier molecular flexibility index (Phi) is 4.61. The molecule has 4 N–H and O–H groups in total. The maximum Gasteiger partial charge on any atom is 0.166 e. The first kappa shape index (κ1) is 8.84. The molecule has 0 bridgehead atoms. The second-order valence-electron chi connectivity index (χ2n) is 1.87. The zero-order valence-corrected chi connectivity index (χ0v) is 5.45. The van der Waals surface area contributed by atoms with E-state index in [1.54, 1.807) is 6.92 Å². The summed E-state index contributed by atoms with van der Waals surface area (Å²) in [6.07, 6.45) is -1.49. The molecule has 9 heavy (non-hydrogen) atoms. The van der Waals surface area contributed by atoms with Gasteiger partial charge in [-0.3, -0.25) is 0 Å². The molecule has 2 atom stereocenters. The second-order valence-corrected chi connectivity index (χ2v) is 1.87. The number of hydrogen-bond acceptors (Lipinski definition) is 4. The van der Waals surface area contributed by atoms with Crippen LogP contribution in [0, 0.1) is 0 Å². The Bertz CT molecular complexity index is 67.2. The Hall–Kier alpha value is -0.160. The van der Waals surface area contributed by atoms with E-state index < -0.39 is 12.4 Å². The molecular weight excluding hydrogens is 122 g/mol. The van der Waals surface area contributed by atoms with Gasteiger partial charge in [0.1, 0.15) is 0 Å². The molecule has 0 heterocycles. The average molecular weight is 135 g/mol. The fourth-order valence-electron chi connectivity index (χ4n) is 0.318. The van der Waals surface area contributed by atoms with Crippen LogP contribution in [0.25, 0.3) is 0 Å². The van der Waals surface area contributed by atoms with Crippen LogP contribution in [0.4, 0.5) is 0 Å². The molecule has 0 aromatic heterocycles. The smallest absolute Gasteiger partial charge is 0.166 e. The molecule has 4 nitrogen and oxygen atoms in total. The van der Waals surface area contributed by atoms with Gasteiger partial charge >= 0.3 is 0 Å². The normalized spacial score (nSPS) is 17.3. The van der Waals surface area contributed by atoms with Crippen molar-refractivity contribution in [1.82, 2.24) is 0 Å². The molecule has 0 amide bonds. The maximum atomic E-state index is 8.65. The Morgan fingerprint density at radius 1 is 1.56 bits per heavy atom. The van der Waals surface area contributed by atoms with E-state index in [0.717, 1.165) is 0 Å². The SMILES string of the molecule is C[C@H](O)CO[C@H](O)CN. The van der Waals surface area contributed by atoms with E-state index in [0.29, 0.717) is 0 Å². The lowest BCUT2D eigenvalue weighted by Crippen LogP contribution is -2.26. The first-order valence-corrected chi connectivity index (χ1v) is 2.84. The summed E-state index contributed by atoms with van der Waals surface area (Å²) < 4.78 is 4.63. The number of aliphatic hydroxyl groups excluding tert-OH is 2. The van der Waals surface area contributed by atoms with E-state index in [1.807, 2.05) is 0 Å². The minimum Gasteiger partial charge on any atom is -0.391 e. The molecule has 0 aromatic carbocycles. The first-order valence-electron chi connectivity index (χ1n) is 2.84. The molecule has 56 valence electrons. The lowest BCUT2D eigenvalue weighted by Gasteiger charge is -2.09. The highest BCUT2D eigenvalue weighted by atomic mass is 16.6. The van der Waals surface area contributed by atoms with Gasteiger partial charge in [-0.2, -0.15) is 0 Å². The van der Waals surface area contributed by atoms with Crippen LogP contribution in [0.1, 0.15) is 6.92 Å². The molecule has 0 aromatic rings. The standard InChI is InChI=1S/C5H13NO3/c1-4(7)3-9-5(8)2-6/h4-5,7-8H,2-3,6H2,1H3/t4-,5-/m0/s1. The molecule has 0 saturated carbocycles. The van der Waals surface area contributed by atoms with E-state index in [-0.39, 0.29) is 13.2 Å². The predicted molar refractivity (Wildman–Crippen MR) is 32.7 cm³/mol.